The van der Waals surface area contributed by atoms with E-state index >= 15 is 0 Å². The average Bonchev–Trinajstić information content (AvgIpc) is 2.27. The van der Waals surface area contributed by atoms with Gasteiger partial charge in [-0.25, -0.2) is 14.8 Å². The molecule has 86 valence electrons. The van der Waals surface area contributed by atoms with Crippen molar-refractivity contribution in [1.82, 2.24) is 9.97 Å². The molecule has 0 atom stereocenters. The number of hydrogen-bond donors (Lipinski definition) is 2. The maximum absolute atomic E-state index is 11.4. The van der Waals surface area contributed by atoms with Crippen molar-refractivity contribution in [2.75, 3.05) is 17.3 Å². The van der Waals surface area contributed by atoms with Crippen LogP contribution in [0.2, 0.25) is 0 Å². The molecule has 0 fully saturated rings. The third-order valence-electron chi connectivity index (χ3n) is 1.69. The van der Waals surface area contributed by atoms with Crippen LogP contribution >= 0.6 is 11.8 Å². The summed E-state index contributed by atoms with van der Waals surface area (Å²) in [6.45, 7) is 0. The van der Waals surface area contributed by atoms with Gasteiger partial charge in [0.2, 0.25) is 5.91 Å². The molecule has 1 amide bonds. The van der Waals surface area contributed by atoms with Gasteiger partial charge in [-0.1, -0.05) is 0 Å². The Morgan fingerprint density at radius 2 is 2.12 bits per heavy atom. The highest BCUT2D eigenvalue weighted by atomic mass is 32.2. The zero-order valence-electron chi connectivity index (χ0n) is 8.64. The molecule has 1 heterocycles. The number of aromatic nitrogens is 2. The highest BCUT2D eigenvalue weighted by Gasteiger charge is 2.14. The van der Waals surface area contributed by atoms with Crippen molar-refractivity contribution in [3.63, 3.8) is 0 Å². The molecule has 6 nitrogen and oxygen atoms in total. The van der Waals surface area contributed by atoms with E-state index in [1.54, 1.807) is 0 Å². The third kappa shape index (κ3) is 3.50. The van der Waals surface area contributed by atoms with E-state index < -0.39 is 5.97 Å². The van der Waals surface area contributed by atoms with Crippen LogP contribution in [0.1, 0.15) is 16.9 Å². The Kier molecular flexibility index (Phi) is 4.71. The monoisotopic (exact) mass is 241 g/mol. The van der Waals surface area contributed by atoms with Gasteiger partial charge in [-0.05, 0) is 6.26 Å². The number of carboxylic acids is 1. The molecular weight excluding hydrogens is 230 g/mol. The van der Waals surface area contributed by atoms with Crippen molar-refractivity contribution in [3.8, 4) is 0 Å². The lowest BCUT2D eigenvalue weighted by Crippen LogP contribution is -2.17. The van der Waals surface area contributed by atoms with Crippen molar-refractivity contribution >= 4 is 29.5 Å². The van der Waals surface area contributed by atoms with Crippen LogP contribution in [0.15, 0.2) is 12.4 Å². The van der Waals surface area contributed by atoms with Gasteiger partial charge in [0.15, 0.2) is 11.5 Å². The van der Waals surface area contributed by atoms with Crippen LogP contribution in [0.5, 0.6) is 0 Å². The molecule has 2 N–H and O–H groups in total. The maximum atomic E-state index is 11.4. The SMILES string of the molecule is CSCCC(=O)Nc1nccnc1C(=O)O. The van der Waals surface area contributed by atoms with E-state index in [9.17, 15) is 9.59 Å². The summed E-state index contributed by atoms with van der Waals surface area (Å²) < 4.78 is 0. The van der Waals surface area contributed by atoms with E-state index in [4.69, 9.17) is 5.11 Å². The molecular formula is C9H11N3O3S. The largest absolute Gasteiger partial charge is 0.476 e. The molecule has 0 bridgehead atoms. The molecule has 1 rings (SSSR count). The summed E-state index contributed by atoms with van der Waals surface area (Å²) in [5.74, 6) is -0.819. The molecule has 1 aromatic rings. The number of nitrogens with zero attached hydrogens (tertiary/aromatic N) is 2. The van der Waals surface area contributed by atoms with E-state index in [-0.39, 0.29) is 17.4 Å². The fourth-order valence-electron chi connectivity index (χ4n) is 0.975. The fourth-order valence-corrected chi connectivity index (χ4v) is 1.36. The molecule has 0 aliphatic heterocycles. The molecule has 7 heteroatoms. The second-order valence-corrected chi connectivity index (χ2v) is 3.84. The lowest BCUT2D eigenvalue weighted by atomic mass is 10.4. The summed E-state index contributed by atoms with van der Waals surface area (Å²) in [4.78, 5) is 29.5. The lowest BCUT2D eigenvalue weighted by Gasteiger charge is -2.05. The molecule has 0 unspecified atom stereocenters. The molecule has 1 aromatic heterocycles. The highest BCUT2D eigenvalue weighted by molar-refractivity contribution is 7.98. The Bertz CT molecular complexity index is 397. The minimum Gasteiger partial charge on any atom is -0.476 e. The van der Waals surface area contributed by atoms with Crippen LogP contribution in [0.4, 0.5) is 5.82 Å². The average molecular weight is 241 g/mol. The van der Waals surface area contributed by atoms with Crippen LogP contribution < -0.4 is 5.32 Å². The molecule has 0 aromatic carbocycles. The first-order chi connectivity index (χ1) is 7.65. The number of carboxylic acid groups (broad SMARTS) is 1. The van der Waals surface area contributed by atoms with Gasteiger partial charge in [0, 0.05) is 24.6 Å². The highest BCUT2D eigenvalue weighted by Crippen LogP contribution is 2.08. The van der Waals surface area contributed by atoms with Crippen LogP contribution in [0, 0.1) is 0 Å². The Labute approximate surface area is 96.5 Å². The molecule has 0 radical (unpaired) electrons. The van der Waals surface area contributed by atoms with Gasteiger partial charge < -0.3 is 10.4 Å². The zero-order valence-corrected chi connectivity index (χ0v) is 9.45. The van der Waals surface area contributed by atoms with Gasteiger partial charge in [-0.15, -0.1) is 0 Å². The maximum Gasteiger partial charge on any atom is 0.358 e. The number of carbonyl (C=O) groups is 2. The molecule has 16 heavy (non-hydrogen) atoms. The van der Waals surface area contributed by atoms with Gasteiger partial charge in [0.25, 0.3) is 0 Å². The summed E-state index contributed by atoms with van der Waals surface area (Å²) in [6.07, 6.45) is 4.80. The van der Waals surface area contributed by atoms with Crippen molar-refractivity contribution in [1.29, 1.82) is 0 Å². The number of aromatic carboxylic acids is 1. The number of carbonyl (C=O) groups excluding carboxylic acids is 1. The Morgan fingerprint density at radius 1 is 1.44 bits per heavy atom. The summed E-state index contributed by atoms with van der Waals surface area (Å²) in [5, 5.41) is 11.2. The van der Waals surface area contributed by atoms with E-state index in [1.807, 2.05) is 6.26 Å². The number of anilines is 1. The van der Waals surface area contributed by atoms with Gasteiger partial charge in [-0.2, -0.15) is 11.8 Å². The number of hydrogen-bond acceptors (Lipinski definition) is 5. The summed E-state index contributed by atoms with van der Waals surface area (Å²) in [7, 11) is 0. The summed E-state index contributed by atoms with van der Waals surface area (Å²) >= 11 is 1.54. The predicted molar refractivity (Wildman–Crippen MR) is 60.6 cm³/mol. The number of thioether (sulfide) groups is 1. The van der Waals surface area contributed by atoms with Gasteiger partial charge in [-0.3, -0.25) is 4.79 Å². The quantitative estimate of drug-likeness (QED) is 0.794. The Balaban J connectivity index is 2.73. The third-order valence-corrected chi connectivity index (χ3v) is 2.30. The van der Waals surface area contributed by atoms with Gasteiger partial charge in [0.1, 0.15) is 0 Å². The smallest absolute Gasteiger partial charge is 0.358 e. The van der Waals surface area contributed by atoms with Crippen molar-refractivity contribution in [3.05, 3.63) is 18.1 Å². The molecule has 0 saturated heterocycles. The fraction of sp³-hybridized carbons (Fsp3) is 0.333. The number of amides is 1. The Hall–Kier alpha value is -1.63. The zero-order chi connectivity index (χ0) is 12.0. The van der Waals surface area contributed by atoms with Crippen molar-refractivity contribution in [2.24, 2.45) is 0 Å². The normalized spacial score (nSPS) is 9.81. The van der Waals surface area contributed by atoms with Crippen LogP contribution in [-0.4, -0.2) is 39.0 Å². The predicted octanol–water partition coefficient (Wildman–Crippen LogP) is 0.866. The topological polar surface area (TPSA) is 92.2 Å². The second kappa shape index (κ2) is 6.06. The van der Waals surface area contributed by atoms with E-state index in [2.05, 4.69) is 15.3 Å². The standard InChI is InChI=1S/C9H11N3O3S/c1-16-5-2-6(13)12-8-7(9(14)15)10-3-4-11-8/h3-4H,2,5H2,1H3,(H,14,15)(H,11,12,13). The van der Waals surface area contributed by atoms with E-state index in [1.165, 1.54) is 24.2 Å². The lowest BCUT2D eigenvalue weighted by molar-refractivity contribution is -0.115. The first-order valence-electron chi connectivity index (χ1n) is 4.48. The first kappa shape index (κ1) is 12.4. The van der Waals surface area contributed by atoms with Gasteiger partial charge >= 0.3 is 5.97 Å². The summed E-state index contributed by atoms with van der Waals surface area (Å²) in [6, 6.07) is 0. The molecule has 0 saturated carbocycles. The Morgan fingerprint density at radius 3 is 2.75 bits per heavy atom. The number of rotatable bonds is 5. The van der Waals surface area contributed by atoms with Gasteiger partial charge in [0.05, 0.1) is 0 Å². The van der Waals surface area contributed by atoms with Crippen LogP contribution in [-0.2, 0) is 4.79 Å². The molecule has 0 spiro atoms. The first-order valence-corrected chi connectivity index (χ1v) is 5.87. The molecule has 0 aliphatic carbocycles. The molecule has 0 aliphatic rings. The second-order valence-electron chi connectivity index (χ2n) is 2.85. The number of nitrogens with one attached hydrogen (secondary N) is 1. The van der Waals surface area contributed by atoms with Crippen LogP contribution in [0.3, 0.4) is 0 Å². The van der Waals surface area contributed by atoms with Crippen LogP contribution in [0.25, 0.3) is 0 Å². The van der Waals surface area contributed by atoms with Crippen molar-refractivity contribution in [2.45, 2.75) is 6.42 Å². The van der Waals surface area contributed by atoms with E-state index in [0.29, 0.717) is 12.2 Å². The minimum absolute atomic E-state index is 0.0129. The summed E-state index contributed by atoms with van der Waals surface area (Å²) in [5.41, 5.74) is -0.250. The van der Waals surface area contributed by atoms with Crippen molar-refractivity contribution < 1.29 is 14.7 Å². The minimum atomic E-state index is -1.21. The van der Waals surface area contributed by atoms with E-state index in [0.717, 1.165) is 0 Å².